The summed E-state index contributed by atoms with van der Waals surface area (Å²) in [6, 6.07) is 3.14. The molecule has 0 aromatic carbocycles. The molecule has 4 nitrogen and oxygen atoms in total. The Morgan fingerprint density at radius 1 is 1.55 bits per heavy atom. The monoisotopic (exact) mass is 359 g/mol. The number of pyridine rings is 1. The van der Waals surface area contributed by atoms with Crippen LogP contribution in [0.2, 0.25) is 5.15 Å². The minimum atomic E-state index is -0.417. The molecule has 2 aromatic heterocycles. The Kier molecular flexibility index (Phi) is 3.79. The average molecular weight is 361 g/mol. The van der Waals surface area contributed by atoms with Gasteiger partial charge in [-0.15, -0.1) is 0 Å². The van der Waals surface area contributed by atoms with Crippen LogP contribution >= 0.6 is 27.5 Å². The van der Waals surface area contributed by atoms with Gasteiger partial charge in [0.05, 0.1) is 17.6 Å². The zero-order valence-corrected chi connectivity index (χ0v) is 13.1. The lowest BCUT2D eigenvalue weighted by atomic mass is 10.1. The summed E-state index contributed by atoms with van der Waals surface area (Å²) in [4.78, 5) is 8.28. The van der Waals surface area contributed by atoms with Crippen LogP contribution in [0.25, 0.3) is 11.0 Å². The van der Waals surface area contributed by atoms with E-state index in [1.807, 2.05) is 0 Å². The SMILES string of the molecule is C/N=C1\CCC(n2c(Cl)cc3nc(Br)c(F)cc32)OC1. The Morgan fingerprint density at radius 3 is 3.00 bits per heavy atom. The number of aromatic nitrogens is 2. The maximum atomic E-state index is 13.7. The number of ether oxygens (including phenoxy) is 1. The molecule has 1 unspecified atom stereocenters. The molecule has 0 spiro atoms. The molecule has 0 bridgehead atoms. The van der Waals surface area contributed by atoms with Crippen LogP contribution in [0.5, 0.6) is 0 Å². The number of halogens is 3. The van der Waals surface area contributed by atoms with Gasteiger partial charge in [0.25, 0.3) is 0 Å². The normalized spacial score (nSPS) is 21.8. The van der Waals surface area contributed by atoms with E-state index in [9.17, 15) is 4.39 Å². The van der Waals surface area contributed by atoms with E-state index in [1.54, 1.807) is 17.7 Å². The number of fused-ring (bicyclic) bond motifs is 1. The molecule has 0 N–H and O–H groups in total. The van der Waals surface area contributed by atoms with Crippen LogP contribution in [-0.2, 0) is 4.74 Å². The maximum Gasteiger partial charge on any atom is 0.158 e. The summed E-state index contributed by atoms with van der Waals surface area (Å²) in [6.45, 7) is 0.476. The smallest absolute Gasteiger partial charge is 0.158 e. The second-order valence-corrected chi connectivity index (χ2v) is 5.73. The minimum Gasteiger partial charge on any atom is -0.352 e. The molecule has 1 aliphatic heterocycles. The molecule has 1 fully saturated rings. The second-order valence-electron chi connectivity index (χ2n) is 4.60. The number of nitrogens with zero attached hydrogens (tertiary/aromatic N) is 3. The molecule has 1 aliphatic rings. The number of aliphatic imine (C=N–C) groups is 1. The molecular weight excluding hydrogens is 349 g/mol. The van der Waals surface area contributed by atoms with Crippen molar-refractivity contribution in [2.45, 2.75) is 19.1 Å². The van der Waals surface area contributed by atoms with E-state index in [-0.39, 0.29) is 10.8 Å². The van der Waals surface area contributed by atoms with Gasteiger partial charge in [-0.3, -0.25) is 4.99 Å². The highest BCUT2D eigenvalue weighted by atomic mass is 79.9. The molecule has 3 rings (SSSR count). The molecule has 106 valence electrons. The summed E-state index contributed by atoms with van der Waals surface area (Å²) in [6.07, 6.45) is 1.39. The number of rotatable bonds is 1. The van der Waals surface area contributed by atoms with E-state index in [2.05, 4.69) is 25.9 Å². The van der Waals surface area contributed by atoms with E-state index in [0.717, 1.165) is 18.6 Å². The first-order valence-corrected chi connectivity index (χ1v) is 7.36. The third-order valence-corrected chi connectivity index (χ3v) is 4.26. The summed E-state index contributed by atoms with van der Waals surface area (Å²) in [7, 11) is 1.76. The van der Waals surface area contributed by atoms with Crippen LogP contribution in [0.1, 0.15) is 19.1 Å². The Labute approximate surface area is 128 Å². The van der Waals surface area contributed by atoms with Crippen LogP contribution in [0.15, 0.2) is 21.7 Å². The Hall–Kier alpha value is -0.980. The van der Waals surface area contributed by atoms with Crippen LogP contribution in [-0.4, -0.2) is 28.9 Å². The zero-order valence-electron chi connectivity index (χ0n) is 10.7. The molecule has 3 heterocycles. The predicted molar refractivity (Wildman–Crippen MR) is 80.0 cm³/mol. The first-order valence-electron chi connectivity index (χ1n) is 6.18. The van der Waals surface area contributed by atoms with Gasteiger partial charge < -0.3 is 9.30 Å². The fraction of sp³-hybridized carbons (Fsp3) is 0.385. The summed E-state index contributed by atoms with van der Waals surface area (Å²) < 4.78 is 21.4. The molecule has 1 saturated heterocycles. The summed E-state index contributed by atoms with van der Waals surface area (Å²) in [5.41, 5.74) is 2.31. The molecule has 20 heavy (non-hydrogen) atoms. The van der Waals surface area contributed by atoms with Gasteiger partial charge in [0.1, 0.15) is 16.0 Å². The van der Waals surface area contributed by atoms with Crippen LogP contribution in [0.3, 0.4) is 0 Å². The lowest BCUT2D eigenvalue weighted by molar-refractivity contribution is 0.0115. The van der Waals surface area contributed by atoms with E-state index in [1.165, 1.54) is 6.07 Å². The van der Waals surface area contributed by atoms with Crippen molar-refractivity contribution in [1.82, 2.24) is 9.55 Å². The van der Waals surface area contributed by atoms with E-state index < -0.39 is 5.82 Å². The highest BCUT2D eigenvalue weighted by Crippen LogP contribution is 2.33. The van der Waals surface area contributed by atoms with Crippen molar-refractivity contribution in [2.75, 3.05) is 13.7 Å². The summed E-state index contributed by atoms with van der Waals surface area (Å²) in [5, 5.41) is 0.492. The van der Waals surface area contributed by atoms with Crippen molar-refractivity contribution in [3.8, 4) is 0 Å². The Morgan fingerprint density at radius 2 is 2.35 bits per heavy atom. The molecular formula is C13H12BrClFN3O. The highest BCUT2D eigenvalue weighted by Gasteiger charge is 2.23. The molecule has 7 heteroatoms. The molecule has 0 saturated carbocycles. The average Bonchev–Trinajstić information content (AvgIpc) is 2.75. The third-order valence-electron chi connectivity index (χ3n) is 3.41. The van der Waals surface area contributed by atoms with E-state index >= 15 is 0 Å². The van der Waals surface area contributed by atoms with Crippen molar-refractivity contribution < 1.29 is 9.13 Å². The van der Waals surface area contributed by atoms with Crippen molar-refractivity contribution >= 4 is 44.3 Å². The van der Waals surface area contributed by atoms with Gasteiger partial charge in [0.2, 0.25) is 0 Å². The van der Waals surface area contributed by atoms with Gasteiger partial charge in [-0.05, 0) is 28.8 Å². The first-order chi connectivity index (χ1) is 9.60. The van der Waals surface area contributed by atoms with Crippen molar-refractivity contribution in [1.29, 1.82) is 0 Å². The number of hydrogen-bond acceptors (Lipinski definition) is 3. The fourth-order valence-corrected chi connectivity index (χ4v) is 2.99. The van der Waals surface area contributed by atoms with Gasteiger partial charge in [0, 0.05) is 24.9 Å². The standard InChI is InChI=1S/C13H12BrClFN3O/c1-17-7-2-3-12(20-6-7)19-10-4-8(16)13(14)18-9(10)5-11(19)15/h4-5,12H,2-3,6H2,1H3/b17-7+. The molecule has 0 aliphatic carbocycles. The number of hydrogen-bond donors (Lipinski definition) is 0. The molecule has 0 amide bonds. The molecule has 1 atom stereocenters. The largest absolute Gasteiger partial charge is 0.352 e. The van der Waals surface area contributed by atoms with Crippen molar-refractivity contribution in [2.24, 2.45) is 4.99 Å². The van der Waals surface area contributed by atoms with E-state index in [0.29, 0.717) is 22.8 Å². The third kappa shape index (κ3) is 2.36. The van der Waals surface area contributed by atoms with Gasteiger partial charge >= 0.3 is 0 Å². The zero-order chi connectivity index (χ0) is 14.3. The van der Waals surface area contributed by atoms with Crippen LogP contribution < -0.4 is 0 Å². The van der Waals surface area contributed by atoms with Crippen molar-refractivity contribution in [3.05, 3.63) is 27.7 Å². The Bertz CT molecular complexity index is 690. The summed E-state index contributed by atoms with van der Waals surface area (Å²) in [5.74, 6) is -0.417. The van der Waals surface area contributed by atoms with Gasteiger partial charge in [-0.2, -0.15) is 0 Å². The summed E-state index contributed by atoms with van der Waals surface area (Å²) >= 11 is 9.33. The van der Waals surface area contributed by atoms with Crippen LogP contribution in [0.4, 0.5) is 4.39 Å². The van der Waals surface area contributed by atoms with Gasteiger partial charge in [-0.25, -0.2) is 9.37 Å². The molecule has 2 aromatic rings. The lowest BCUT2D eigenvalue weighted by Crippen LogP contribution is -2.24. The minimum absolute atomic E-state index is 0.184. The van der Waals surface area contributed by atoms with Gasteiger partial charge in [0.15, 0.2) is 5.82 Å². The van der Waals surface area contributed by atoms with Gasteiger partial charge in [-0.1, -0.05) is 11.6 Å². The van der Waals surface area contributed by atoms with Crippen LogP contribution in [0, 0.1) is 5.82 Å². The lowest BCUT2D eigenvalue weighted by Gasteiger charge is -2.26. The highest BCUT2D eigenvalue weighted by molar-refractivity contribution is 9.10. The quantitative estimate of drug-likeness (QED) is 0.722. The van der Waals surface area contributed by atoms with Crippen molar-refractivity contribution in [3.63, 3.8) is 0 Å². The maximum absolute atomic E-state index is 13.7. The molecule has 0 radical (unpaired) electrons. The Balaban J connectivity index is 2.03. The first kappa shape index (κ1) is 14.0. The predicted octanol–water partition coefficient (Wildman–Crippen LogP) is 3.97. The fourth-order valence-electron chi connectivity index (χ4n) is 2.38. The topological polar surface area (TPSA) is 39.4 Å². The second kappa shape index (κ2) is 5.42. The van der Waals surface area contributed by atoms with E-state index in [4.69, 9.17) is 16.3 Å².